The number of anilines is 1. The van der Waals surface area contributed by atoms with E-state index in [4.69, 9.17) is 24.3 Å². The van der Waals surface area contributed by atoms with Gasteiger partial charge in [-0.2, -0.15) is 5.09 Å². The van der Waals surface area contributed by atoms with Gasteiger partial charge in [-0.3, -0.25) is 13.9 Å². The number of hydrogen-bond acceptors (Lipinski definition) is 11. The number of nitrogens with two attached hydrogens (primary N) is 1. The van der Waals surface area contributed by atoms with Crippen LogP contribution in [-0.4, -0.2) is 55.5 Å². The van der Waals surface area contributed by atoms with E-state index in [2.05, 4.69) is 20.0 Å². The predicted octanol–water partition coefficient (Wildman–Crippen LogP) is 3.86. The Bertz CT molecular complexity index is 1620. The molecule has 43 heavy (non-hydrogen) atoms. The van der Waals surface area contributed by atoms with Crippen LogP contribution in [0.1, 0.15) is 49.7 Å². The van der Waals surface area contributed by atoms with Crippen molar-refractivity contribution in [3.8, 4) is 5.75 Å². The minimum atomic E-state index is -4.23. The second-order valence-corrected chi connectivity index (χ2v) is 12.2. The van der Waals surface area contributed by atoms with Gasteiger partial charge in [0.1, 0.15) is 48.2 Å². The zero-order valence-electron chi connectivity index (χ0n) is 23.5. The molecule has 1 saturated heterocycles. The highest BCUT2D eigenvalue weighted by Crippen LogP contribution is 2.49. The summed E-state index contributed by atoms with van der Waals surface area (Å²) in [6.45, 7) is 1.14. The number of carbonyl (C=O) groups is 1. The Morgan fingerprint density at radius 3 is 2.58 bits per heavy atom. The standard InChI is InChI=1S/C29H33N6O7P/c1-18(29(37)39-16-19-8-4-2-5-9-19)34-43(38,41-21-10-6-3-7-11-21)42-22-14-24(40-23(22)15-36)35-17-31-25-26(30)32-27(20-12-13-20)33-28(25)35/h2-11,17-18,20,22-24,36H,12-16H2,1H3,(H,34,38)(H2,30,32,33)/t18-,22?,23+,24+,43?/m0/s1. The first kappa shape index (κ1) is 29.2. The van der Waals surface area contributed by atoms with Crippen LogP contribution in [0.3, 0.4) is 0 Å². The van der Waals surface area contributed by atoms with Crippen molar-refractivity contribution >= 4 is 30.7 Å². The van der Waals surface area contributed by atoms with Crippen LogP contribution in [0.4, 0.5) is 5.82 Å². The minimum Gasteiger partial charge on any atom is -0.460 e. The number of rotatable bonds is 12. The first-order valence-electron chi connectivity index (χ1n) is 14.1. The number of fused-ring (bicyclic) bond motifs is 1. The third-order valence-electron chi connectivity index (χ3n) is 7.25. The largest absolute Gasteiger partial charge is 0.460 e. The van der Waals surface area contributed by atoms with Crippen LogP contribution in [0.2, 0.25) is 0 Å². The molecule has 6 rings (SSSR count). The molecule has 4 aromatic rings. The van der Waals surface area contributed by atoms with Crippen molar-refractivity contribution in [1.29, 1.82) is 0 Å². The summed E-state index contributed by atoms with van der Waals surface area (Å²) in [4.78, 5) is 26.3. The third kappa shape index (κ3) is 6.71. The SMILES string of the molecule is C[C@H](NP(=O)(Oc1ccccc1)OC1C[C@H](n2cnc3c(N)nc(C4CC4)nc32)O[C@@H]1CO)C(=O)OCc1ccccc1. The zero-order chi connectivity index (χ0) is 30.0. The summed E-state index contributed by atoms with van der Waals surface area (Å²) in [6, 6.07) is 16.6. The van der Waals surface area contributed by atoms with Gasteiger partial charge in [0, 0.05) is 12.3 Å². The number of esters is 1. The van der Waals surface area contributed by atoms with Gasteiger partial charge >= 0.3 is 13.7 Å². The lowest BCUT2D eigenvalue weighted by molar-refractivity contribution is -0.146. The Morgan fingerprint density at radius 1 is 1.16 bits per heavy atom. The molecule has 0 spiro atoms. The normalized spacial score (nSPS) is 22.2. The van der Waals surface area contributed by atoms with E-state index in [0.29, 0.717) is 17.0 Å². The molecule has 3 heterocycles. The van der Waals surface area contributed by atoms with E-state index in [-0.39, 0.29) is 30.5 Å². The molecule has 2 fully saturated rings. The van der Waals surface area contributed by atoms with Gasteiger partial charge in [0.15, 0.2) is 11.5 Å². The Labute approximate surface area is 247 Å². The number of nitrogens with zero attached hydrogens (tertiary/aromatic N) is 4. The molecule has 1 saturated carbocycles. The lowest BCUT2D eigenvalue weighted by Gasteiger charge is -2.26. The molecule has 226 valence electrons. The summed E-state index contributed by atoms with van der Waals surface area (Å²) in [5.41, 5.74) is 7.93. The lowest BCUT2D eigenvalue weighted by Crippen LogP contribution is -2.37. The average Bonchev–Trinajstić information content (AvgIpc) is 3.65. The predicted molar refractivity (Wildman–Crippen MR) is 156 cm³/mol. The Morgan fingerprint density at radius 2 is 1.88 bits per heavy atom. The summed E-state index contributed by atoms with van der Waals surface area (Å²) in [5, 5.41) is 12.9. The molecule has 2 aromatic carbocycles. The number of para-hydroxylation sites is 1. The van der Waals surface area contributed by atoms with Crippen molar-refractivity contribution in [2.24, 2.45) is 0 Å². The molecule has 4 N–H and O–H groups in total. The van der Waals surface area contributed by atoms with Gasteiger partial charge in [0.2, 0.25) is 0 Å². The molecular formula is C29H33N6O7P. The van der Waals surface area contributed by atoms with Crippen molar-refractivity contribution in [3.05, 3.63) is 78.4 Å². The lowest BCUT2D eigenvalue weighted by atomic mass is 10.2. The van der Waals surface area contributed by atoms with Crippen molar-refractivity contribution in [2.75, 3.05) is 12.3 Å². The van der Waals surface area contributed by atoms with Crippen LogP contribution in [-0.2, 0) is 30.0 Å². The van der Waals surface area contributed by atoms with Gasteiger partial charge in [-0.25, -0.2) is 19.5 Å². The maximum atomic E-state index is 14.2. The van der Waals surface area contributed by atoms with Crippen LogP contribution < -0.4 is 15.3 Å². The monoisotopic (exact) mass is 608 g/mol. The molecule has 2 aromatic heterocycles. The quantitative estimate of drug-likeness (QED) is 0.157. The van der Waals surface area contributed by atoms with E-state index in [1.54, 1.807) is 41.2 Å². The van der Waals surface area contributed by atoms with Gasteiger partial charge in [-0.15, -0.1) is 0 Å². The van der Waals surface area contributed by atoms with E-state index >= 15 is 0 Å². The highest BCUT2D eigenvalue weighted by molar-refractivity contribution is 7.52. The number of hydrogen-bond donors (Lipinski definition) is 3. The Balaban J connectivity index is 1.20. The number of nitrogens with one attached hydrogen (secondary N) is 1. The molecular weight excluding hydrogens is 575 g/mol. The Hall–Kier alpha value is -3.87. The Kier molecular flexibility index (Phi) is 8.42. The van der Waals surface area contributed by atoms with Gasteiger partial charge < -0.3 is 24.8 Å². The number of carbonyl (C=O) groups excluding carboxylic acids is 1. The molecule has 0 radical (unpaired) electrons. The number of ether oxygens (including phenoxy) is 2. The number of nitrogen functional groups attached to an aromatic ring is 1. The van der Waals surface area contributed by atoms with Crippen LogP contribution in [0.5, 0.6) is 5.75 Å². The average molecular weight is 609 g/mol. The van der Waals surface area contributed by atoms with E-state index in [1.807, 2.05) is 30.3 Å². The fraction of sp³-hybridized carbons (Fsp3) is 0.379. The maximum absolute atomic E-state index is 14.2. The fourth-order valence-corrected chi connectivity index (χ4v) is 6.57. The molecule has 1 aliphatic carbocycles. The molecule has 2 aliphatic rings. The van der Waals surface area contributed by atoms with Crippen molar-refractivity contribution in [1.82, 2.24) is 24.6 Å². The topological polar surface area (TPSA) is 173 Å². The highest BCUT2D eigenvalue weighted by Gasteiger charge is 2.44. The fourth-order valence-electron chi connectivity index (χ4n) is 4.86. The van der Waals surface area contributed by atoms with Crippen molar-refractivity contribution < 1.29 is 33.0 Å². The maximum Gasteiger partial charge on any atom is 0.459 e. The van der Waals surface area contributed by atoms with Gasteiger partial charge in [-0.05, 0) is 37.5 Å². The third-order valence-corrected chi connectivity index (χ3v) is 8.95. The van der Waals surface area contributed by atoms with E-state index in [1.165, 1.54) is 6.92 Å². The second kappa shape index (κ2) is 12.4. The summed E-state index contributed by atoms with van der Waals surface area (Å²) >= 11 is 0. The van der Waals surface area contributed by atoms with Crippen LogP contribution >= 0.6 is 7.75 Å². The molecule has 14 heteroatoms. The second-order valence-electron chi connectivity index (χ2n) is 10.6. The highest BCUT2D eigenvalue weighted by atomic mass is 31.2. The number of benzene rings is 2. The molecule has 5 atom stereocenters. The molecule has 2 unspecified atom stereocenters. The first-order valence-corrected chi connectivity index (χ1v) is 15.6. The summed E-state index contributed by atoms with van der Waals surface area (Å²) < 4.78 is 39.3. The zero-order valence-corrected chi connectivity index (χ0v) is 24.4. The number of imidazole rings is 1. The summed E-state index contributed by atoms with van der Waals surface area (Å²) in [7, 11) is -4.23. The summed E-state index contributed by atoms with van der Waals surface area (Å²) in [5.74, 6) is 0.841. The molecule has 0 amide bonds. The summed E-state index contributed by atoms with van der Waals surface area (Å²) in [6.07, 6.45) is 1.33. The first-order chi connectivity index (χ1) is 20.8. The van der Waals surface area contributed by atoms with Crippen molar-refractivity contribution in [3.63, 3.8) is 0 Å². The van der Waals surface area contributed by atoms with Gasteiger partial charge in [0.25, 0.3) is 0 Å². The molecule has 1 aliphatic heterocycles. The van der Waals surface area contributed by atoms with Crippen LogP contribution in [0.15, 0.2) is 67.0 Å². The number of aromatic nitrogens is 4. The molecule has 0 bridgehead atoms. The van der Waals surface area contributed by atoms with E-state index < -0.39 is 44.8 Å². The van der Waals surface area contributed by atoms with Crippen molar-refractivity contribution in [2.45, 2.75) is 63.2 Å². The van der Waals surface area contributed by atoms with E-state index in [9.17, 15) is 14.5 Å². The van der Waals surface area contributed by atoms with Crippen LogP contribution in [0, 0.1) is 0 Å². The smallest absolute Gasteiger partial charge is 0.459 e. The number of aliphatic hydroxyl groups is 1. The van der Waals surface area contributed by atoms with Gasteiger partial charge in [-0.1, -0.05) is 48.5 Å². The van der Waals surface area contributed by atoms with E-state index in [0.717, 1.165) is 18.4 Å². The van der Waals surface area contributed by atoms with Gasteiger partial charge in [0.05, 0.1) is 12.9 Å². The van der Waals surface area contributed by atoms with Crippen LogP contribution in [0.25, 0.3) is 11.2 Å². The number of aliphatic hydroxyl groups excluding tert-OH is 1. The molecule has 13 nitrogen and oxygen atoms in total. The minimum absolute atomic E-state index is 0.0521.